The molecule has 6 rings (SSSR count). The molecule has 3 aromatic heterocycles. The molecule has 0 spiro atoms. The molecule has 1 saturated heterocycles. The molecule has 0 unspecified atom stereocenters. The number of hydrogen-bond acceptors (Lipinski definition) is 18. The lowest BCUT2D eigenvalue weighted by Gasteiger charge is -2.35. The summed E-state index contributed by atoms with van der Waals surface area (Å²) in [5.41, 5.74) is 1.18. The Morgan fingerprint density at radius 1 is 0.557 bits per heavy atom. The second kappa shape index (κ2) is 21.7. The minimum Gasteiger partial charge on any atom is -0.469 e. The van der Waals surface area contributed by atoms with Crippen molar-refractivity contribution in [3.63, 3.8) is 0 Å². The van der Waals surface area contributed by atoms with Crippen molar-refractivity contribution in [1.82, 2.24) is 19.9 Å². The van der Waals surface area contributed by atoms with Gasteiger partial charge in [0.25, 0.3) is 0 Å². The van der Waals surface area contributed by atoms with Gasteiger partial charge in [-0.1, -0.05) is 6.92 Å². The van der Waals surface area contributed by atoms with Gasteiger partial charge in [0.1, 0.15) is 0 Å². The third-order valence-electron chi connectivity index (χ3n) is 14.0. The fourth-order valence-electron chi connectivity index (χ4n) is 10.1. The summed E-state index contributed by atoms with van der Waals surface area (Å²) in [7, 11) is 8.84. The van der Waals surface area contributed by atoms with E-state index in [-0.39, 0.29) is 89.2 Å². The van der Waals surface area contributed by atoms with Crippen LogP contribution in [-0.4, -0.2) is 117 Å². The molecule has 3 aromatic rings. The van der Waals surface area contributed by atoms with Crippen molar-refractivity contribution < 1.29 is 76.3 Å². The van der Waals surface area contributed by atoms with Crippen LogP contribution < -0.4 is 0 Å². The predicted octanol–water partition coefficient (Wildman–Crippen LogP) is 4.96. The SMILES string of the molecule is COC(=O)CCc1c(CCC(=O)OC)c2cc3[nH]c(cc4nc(cc5nc(cc1[nH]2)[C@@]1(C)CC(=O)O[C@@]51CCC(=O)OC)[C@@](C)(CC(=O)OC)[C@@H]4CCC(=O)OC)c(CC(=O)OC)c3CCC(=O)OC. The molecule has 2 N–H and O–H groups in total. The second-order valence-corrected chi connectivity index (χ2v) is 17.9. The Kier molecular flexibility index (Phi) is 16.2. The first kappa shape index (κ1) is 52.3. The van der Waals surface area contributed by atoms with E-state index in [9.17, 15) is 38.4 Å². The van der Waals surface area contributed by atoms with Gasteiger partial charge < -0.3 is 47.9 Å². The quantitative estimate of drug-likeness (QED) is 0.119. The maximum absolute atomic E-state index is 13.8. The highest BCUT2D eigenvalue weighted by molar-refractivity contribution is 5.85. The van der Waals surface area contributed by atoms with Crippen LogP contribution in [0.1, 0.15) is 123 Å². The number of nitrogens with one attached hydrogen (secondary N) is 2. The van der Waals surface area contributed by atoms with Crippen LogP contribution in [-0.2, 0) is 118 Å². The van der Waals surface area contributed by atoms with E-state index in [1.54, 1.807) is 31.2 Å². The first-order valence-electron chi connectivity index (χ1n) is 22.8. The number of H-pyrrole nitrogens is 2. The lowest BCUT2D eigenvalue weighted by atomic mass is 9.67. The number of aromatic amines is 2. The van der Waals surface area contributed by atoms with E-state index in [0.717, 1.165) is 0 Å². The van der Waals surface area contributed by atoms with E-state index >= 15 is 0 Å². The molecule has 0 aromatic carbocycles. The Morgan fingerprint density at radius 2 is 1.03 bits per heavy atom. The molecule has 0 saturated carbocycles. The zero-order valence-corrected chi connectivity index (χ0v) is 41.0. The fourth-order valence-corrected chi connectivity index (χ4v) is 10.1. The molecular formula is C50H60N4O16. The van der Waals surface area contributed by atoms with E-state index in [1.807, 2.05) is 6.92 Å². The number of hydrogen-bond donors (Lipinski definition) is 2. The maximum atomic E-state index is 13.8. The van der Waals surface area contributed by atoms with Crippen LogP contribution in [0.25, 0.3) is 22.1 Å². The van der Waals surface area contributed by atoms with Gasteiger partial charge in [-0.05, 0) is 79.1 Å². The fraction of sp³-hybridized carbons (Fsp3) is 0.520. The third-order valence-corrected chi connectivity index (χ3v) is 14.0. The molecule has 4 atom stereocenters. The van der Waals surface area contributed by atoms with Gasteiger partial charge in [-0.3, -0.25) is 48.3 Å². The highest BCUT2D eigenvalue weighted by Gasteiger charge is 2.64. The zero-order valence-electron chi connectivity index (χ0n) is 41.0. The number of rotatable bonds is 19. The van der Waals surface area contributed by atoms with Gasteiger partial charge in [-0.25, -0.2) is 0 Å². The Balaban J connectivity index is 1.88. The number of carbonyl (C=O) groups is 8. The number of ether oxygens (including phenoxy) is 8. The van der Waals surface area contributed by atoms with E-state index in [2.05, 4.69) is 9.97 Å². The maximum Gasteiger partial charge on any atom is 0.310 e. The molecule has 3 aliphatic rings. The number of carbonyl (C=O) groups excluding carboxylic acids is 8. The second-order valence-electron chi connectivity index (χ2n) is 17.9. The van der Waals surface area contributed by atoms with Crippen molar-refractivity contribution in [2.45, 2.75) is 120 Å². The molecule has 20 nitrogen and oxygen atoms in total. The molecule has 20 heteroatoms. The van der Waals surface area contributed by atoms with Crippen LogP contribution in [0.4, 0.5) is 0 Å². The minimum absolute atomic E-state index is 0.0628. The first-order valence-corrected chi connectivity index (χ1v) is 22.8. The van der Waals surface area contributed by atoms with Crippen LogP contribution in [0.5, 0.6) is 0 Å². The van der Waals surface area contributed by atoms with Crippen molar-refractivity contribution >= 4 is 69.8 Å². The number of esters is 8. The number of nitrogens with zero attached hydrogens (tertiary/aromatic N) is 2. The van der Waals surface area contributed by atoms with Crippen LogP contribution >= 0.6 is 0 Å². The predicted molar refractivity (Wildman–Crippen MR) is 247 cm³/mol. The molecule has 70 heavy (non-hydrogen) atoms. The molecule has 0 amide bonds. The van der Waals surface area contributed by atoms with Gasteiger partial charge in [0.05, 0.1) is 85.8 Å². The summed E-state index contributed by atoms with van der Waals surface area (Å²) in [6.07, 6.45) is -0.775. The largest absolute Gasteiger partial charge is 0.469 e. The molecular weight excluding hydrogens is 913 g/mol. The molecule has 8 bridgehead atoms. The van der Waals surface area contributed by atoms with Crippen LogP contribution in [0.2, 0.25) is 0 Å². The number of aryl methyl sites for hydroxylation is 3. The third kappa shape index (κ3) is 10.4. The number of methoxy groups -OCH3 is 7. The van der Waals surface area contributed by atoms with Gasteiger partial charge in [-0.15, -0.1) is 0 Å². The van der Waals surface area contributed by atoms with Gasteiger partial charge in [0, 0.05) is 83.3 Å². The highest BCUT2D eigenvalue weighted by atomic mass is 16.6. The summed E-state index contributed by atoms with van der Waals surface area (Å²) in [5, 5.41) is 0. The smallest absolute Gasteiger partial charge is 0.310 e. The average Bonchev–Trinajstić information content (AvgIpc) is 4.05. The average molecular weight is 973 g/mol. The Morgan fingerprint density at radius 3 is 1.56 bits per heavy atom. The standard InChI is InChI=1S/C50H60N4O16/c1-48(25-46(61)69-9)31(13-17-43(58)66-6)36-22-34-30(20-45(60)68-8)29(12-16-42(57)65-5)33(51-34)21-32-27(10-14-40(55)63-3)28(11-15-41(56)64-4)35(52-32)23-38-49(2)26-47(62)70-50(49,19-18-44(59)67-7)39(54-38)24-37(48)53-36/h21-24,31,51-52H,10-20,25-26H2,1-9H3/t31-,48+,49-,50+/m1/s1. The summed E-state index contributed by atoms with van der Waals surface area (Å²) in [6.45, 7) is 3.62. The van der Waals surface area contributed by atoms with Crippen molar-refractivity contribution in [2.75, 3.05) is 49.8 Å². The molecule has 3 aliphatic heterocycles. The van der Waals surface area contributed by atoms with E-state index < -0.39 is 70.1 Å². The molecule has 0 aliphatic carbocycles. The molecule has 0 radical (unpaired) electrons. The van der Waals surface area contributed by atoms with Crippen molar-refractivity contribution in [2.24, 2.45) is 0 Å². The summed E-state index contributed by atoms with van der Waals surface area (Å²) in [4.78, 5) is 122. The van der Waals surface area contributed by atoms with Gasteiger partial charge in [-0.2, -0.15) is 0 Å². The normalized spacial score (nSPS) is 20.1. The van der Waals surface area contributed by atoms with Crippen LogP contribution in [0.3, 0.4) is 0 Å². The Labute approximate surface area is 403 Å². The minimum atomic E-state index is -1.58. The summed E-state index contributed by atoms with van der Waals surface area (Å²) < 4.78 is 42.0. The lowest BCUT2D eigenvalue weighted by Crippen LogP contribution is -2.41. The lowest BCUT2D eigenvalue weighted by molar-refractivity contribution is -0.155. The van der Waals surface area contributed by atoms with Crippen molar-refractivity contribution in [3.05, 3.63) is 69.3 Å². The van der Waals surface area contributed by atoms with Crippen LogP contribution in [0.15, 0.2) is 24.3 Å². The first-order chi connectivity index (χ1) is 33.3. The van der Waals surface area contributed by atoms with Crippen molar-refractivity contribution in [3.8, 4) is 0 Å². The molecule has 6 heterocycles. The van der Waals surface area contributed by atoms with E-state index in [4.69, 9.17) is 47.9 Å². The Hall–Kier alpha value is -7.12. The molecule has 376 valence electrons. The van der Waals surface area contributed by atoms with Gasteiger partial charge >= 0.3 is 47.8 Å². The van der Waals surface area contributed by atoms with Gasteiger partial charge in [0.15, 0.2) is 5.60 Å². The molecule has 1 fully saturated rings. The van der Waals surface area contributed by atoms with E-state index in [0.29, 0.717) is 61.4 Å². The zero-order chi connectivity index (χ0) is 51.1. The van der Waals surface area contributed by atoms with Crippen LogP contribution in [0, 0.1) is 0 Å². The summed E-state index contributed by atoms with van der Waals surface area (Å²) in [6, 6.07) is 6.90. The monoisotopic (exact) mass is 972 g/mol. The topological polar surface area (TPSA) is 268 Å². The van der Waals surface area contributed by atoms with E-state index in [1.165, 1.54) is 49.8 Å². The summed E-state index contributed by atoms with van der Waals surface area (Å²) >= 11 is 0. The van der Waals surface area contributed by atoms with Crippen molar-refractivity contribution in [1.29, 1.82) is 0 Å². The highest BCUT2D eigenvalue weighted by Crippen LogP contribution is 2.58. The number of aromatic nitrogens is 4. The summed E-state index contributed by atoms with van der Waals surface area (Å²) in [5.74, 6) is -5.08. The van der Waals surface area contributed by atoms with Gasteiger partial charge in [0.2, 0.25) is 0 Å². The Bertz CT molecular complexity index is 2760. The number of fused-ring (bicyclic) bond motifs is 11.